The lowest BCUT2D eigenvalue weighted by Crippen LogP contribution is -1.94. The van der Waals surface area contributed by atoms with Gasteiger partial charge in [0, 0.05) is 0 Å². The van der Waals surface area contributed by atoms with Crippen molar-refractivity contribution in [2.45, 2.75) is 0 Å². The van der Waals surface area contributed by atoms with Crippen molar-refractivity contribution in [1.29, 1.82) is 0 Å². The average Bonchev–Trinajstić information content (AvgIpc) is 3.06. The lowest BCUT2D eigenvalue weighted by Gasteiger charge is -2.02. The first-order chi connectivity index (χ1) is 6.93. The minimum absolute atomic E-state index is 0.720. The fourth-order valence-corrected chi connectivity index (χ4v) is 1.43. The highest BCUT2D eigenvalue weighted by atomic mass is 15.9. The second-order valence-corrected chi connectivity index (χ2v) is 2.94. The van der Waals surface area contributed by atoms with Gasteiger partial charge in [-0.25, -0.2) is 0 Å². The van der Waals surface area contributed by atoms with Gasteiger partial charge in [0.15, 0.2) is 0 Å². The second kappa shape index (κ2) is 1.76. The molecule has 0 atom stereocenters. The second-order valence-electron chi connectivity index (χ2n) is 2.94. The molecule has 1 aromatic rings. The van der Waals surface area contributed by atoms with Crippen LogP contribution in [0.15, 0.2) is 43.3 Å². The summed E-state index contributed by atoms with van der Waals surface area (Å²) in [7, 11) is 0. The third-order valence-electron chi connectivity index (χ3n) is 2.14. The largest absolute Gasteiger partial charge is 0.148 e. The van der Waals surface area contributed by atoms with E-state index in [0.29, 0.717) is 0 Å². The topological polar surface area (TPSA) is 80.2 Å². The summed E-state index contributed by atoms with van der Waals surface area (Å²) in [4.78, 5) is 0. The summed E-state index contributed by atoms with van der Waals surface area (Å²) < 4.78 is 0. The van der Waals surface area contributed by atoms with Gasteiger partial charge in [-0.15, -0.1) is 20.5 Å². The Labute approximate surface area is 77.2 Å². The molecule has 0 unspecified atom stereocenters. The van der Waals surface area contributed by atoms with E-state index < -0.39 is 0 Å². The van der Waals surface area contributed by atoms with E-state index in [2.05, 4.69) is 31.1 Å². The number of anilines is 2. The molecule has 0 saturated carbocycles. The molecule has 3 aliphatic heterocycles. The van der Waals surface area contributed by atoms with Crippen LogP contribution in [0, 0.1) is 0 Å². The Morgan fingerprint density at radius 1 is 0.857 bits per heavy atom. The Bertz CT molecular complexity index is 517. The van der Waals surface area contributed by atoms with Crippen LogP contribution in [0.4, 0.5) is 22.7 Å². The fourth-order valence-electron chi connectivity index (χ4n) is 1.43. The maximum absolute atomic E-state index is 4.03. The monoisotopic (exact) mass is 186 g/mol. The zero-order valence-corrected chi connectivity index (χ0v) is 6.73. The third-order valence-corrected chi connectivity index (χ3v) is 2.14. The lowest BCUT2D eigenvalue weighted by molar-refractivity contribution is 1.22. The zero-order valence-electron chi connectivity index (χ0n) is 6.73. The van der Waals surface area contributed by atoms with E-state index >= 15 is 0 Å². The molecule has 0 saturated heterocycles. The summed E-state index contributed by atoms with van der Waals surface area (Å²) in [5.74, 6) is 0. The van der Waals surface area contributed by atoms with Crippen LogP contribution in [-0.4, -0.2) is 0 Å². The Balaban J connectivity index is 1.94. The van der Waals surface area contributed by atoms with Gasteiger partial charge in [0.1, 0.15) is 22.7 Å². The van der Waals surface area contributed by atoms with Gasteiger partial charge >= 0.3 is 0 Å². The van der Waals surface area contributed by atoms with Crippen molar-refractivity contribution in [3.8, 4) is 0 Å². The minimum atomic E-state index is 0.720. The number of nitrogens with zero attached hydrogens (tertiary/aromatic N) is 8. The standard InChI is InChI=1S/C6H2N8/c1-2-4(13-9-10-13)5-6(14-11-12-14)3(1)7-8-5/h1-2H. The molecule has 2 bridgehead atoms. The van der Waals surface area contributed by atoms with Gasteiger partial charge in [-0.1, -0.05) is 0 Å². The van der Waals surface area contributed by atoms with Gasteiger partial charge in [-0.2, -0.15) is 0 Å². The number of benzene rings is 1. The quantitative estimate of drug-likeness (QED) is 0.722. The van der Waals surface area contributed by atoms with Crippen molar-refractivity contribution in [3.05, 3.63) is 12.1 Å². The SMILES string of the molecule is c1cc(N2N=N2)c2c(N3N=N3)c1N=N2. The Morgan fingerprint density at radius 3 is 2.36 bits per heavy atom. The van der Waals surface area contributed by atoms with Gasteiger partial charge in [-0.05, 0) is 33.0 Å². The molecule has 0 spiro atoms. The molecular formula is C6H2N8. The van der Waals surface area contributed by atoms with Gasteiger partial charge in [0.05, 0.1) is 0 Å². The number of hydrogen-bond donors (Lipinski definition) is 0. The van der Waals surface area contributed by atoms with Crippen LogP contribution in [0.25, 0.3) is 0 Å². The summed E-state index contributed by atoms with van der Waals surface area (Å²) in [6, 6.07) is 3.72. The molecule has 8 heteroatoms. The molecule has 4 rings (SSSR count). The Hall–Kier alpha value is -2.38. The molecule has 1 aromatic carbocycles. The molecule has 0 fully saturated rings. The van der Waals surface area contributed by atoms with Gasteiger partial charge < -0.3 is 0 Å². The number of hydrogen-bond acceptors (Lipinski definition) is 8. The highest BCUT2D eigenvalue weighted by molar-refractivity contribution is 5.91. The van der Waals surface area contributed by atoms with Crippen LogP contribution in [0.2, 0.25) is 0 Å². The van der Waals surface area contributed by atoms with E-state index in [-0.39, 0.29) is 0 Å². The van der Waals surface area contributed by atoms with Crippen molar-refractivity contribution >= 4 is 22.7 Å². The molecule has 8 nitrogen and oxygen atoms in total. The molecule has 0 aliphatic carbocycles. The van der Waals surface area contributed by atoms with Crippen LogP contribution >= 0.6 is 0 Å². The van der Waals surface area contributed by atoms with Crippen LogP contribution in [0.1, 0.15) is 0 Å². The molecule has 3 aliphatic rings. The van der Waals surface area contributed by atoms with Gasteiger partial charge in [-0.3, -0.25) is 0 Å². The summed E-state index contributed by atoms with van der Waals surface area (Å²) >= 11 is 0. The van der Waals surface area contributed by atoms with Crippen LogP contribution < -0.4 is 10.2 Å². The normalized spacial score (nSPS) is 18.3. The Morgan fingerprint density at radius 2 is 1.64 bits per heavy atom. The maximum Gasteiger partial charge on any atom is 0.147 e. The molecule has 66 valence electrons. The smallest absolute Gasteiger partial charge is 0.147 e. The van der Waals surface area contributed by atoms with E-state index in [1.807, 2.05) is 12.1 Å². The molecule has 0 aromatic heterocycles. The average molecular weight is 186 g/mol. The predicted octanol–water partition coefficient (Wildman–Crippen LogP) is 2.62. The van der Waals surface area contributed by atoms with E-state index in [1.54, 1.807) is 0 Å². The van der Waals surface area contributed by atoms with E-state index in [0.717, 1.165) is 22.7 Å². The first-order valence-corrected chi connectivity index (χ1v) is 3.96. The first kappa shape index (κ1) is 6.13. The highest BCUT2D eigenvalue weighted by Gasteiger charge is 2.32. The van der Waals surface area contributed by atoms with Crippen molar-refractivity contribution in [1.82, 2.24) is 0 Å². The maximum atomic E-state index is 4.03. The highest BCUT2D eigenvalue weighted by Crippen LogP contribution is 2.53. The van der Waals surface area contributed by atoms with Crippen LogP contribution in [0.3, 0.4) is 0 Å². The summed E-state index contributed by atoms with van der Waals surface area (Å²) in [6.07, 6.45) is 0. The van der Waals surface area contributed by atoms with Crippen LogP contribution in [0.5, 0.6) is 0 Å². The van der Waals surface area contributed by atoms with Crippen molar-refractivity contribution in [3.63, 3.8) is 0 Å². The van der Waals surface area contributed by atoms with E-state index in [4.69, 9.17) is 0 Å². The van der Waals surface area contributed by atoms with Crippen LogP contribution in [-0.2, 0) is 0 Å². The first-order valence-electron chi connectivity index (χ1n) is 3.96. The minimum Gasteiger partial charge on any atom is -0.148 e. The number of fused-ring (bicyclic) bond motifs is 2. The number of azo groups is 1. The molecule has 0 N–H and O–H groups in total. The predicted molar refractivity (Wildman–Crippen MR) is 45.3 cm³/mol. The van der Waals surface area contributed by atoms with Crippen molar-refractivity contribution in [2.24, 2.45) is 31.1 Å². The molecule has 3 heterocycles. The summed E-state index contributed by atoms with van der Waals surface area (Å²) in [6.45, 7) is 0. The van der Waals surface area contributed by atoms with Crippen molar-refractivity contribution < 1.29 is 0 Å². The molecule has 0 amide bonds. The number of rotatable bonds is 2. The van der Waals surface area contributed by atoms with Crippen molar-refractivity contribution in [2.75, 3.05) is 10.2 Å². The molecular weight excluding hydrogens is 184 g/mol. The molecule has 14 heavy (non-hydrogen) atoms. The third kappa shape index (κ3) is 0.632. The fraction of sp³-hybridized carbons (Fsp3) is 0. The van der Waals surface area contributed by atoms with Gasteiger partial charge in [0.2, 0.25) is 0 Å². The van der Waals surface area contributed by atoms with E-state index in [1.165, 1.54) is 10.2 Å². The van der Waals surface area contributed by atoms with E-state index in [9.17, 15) is 0 Å². The zero-order chi connectivity index (χ0) is 9.12. The summed E-state index contributed by atoms with van der Waals surface area (Å²) in [5.41, 5.74) is 3.11. The van der Waals surface area contributed by atoms with Gasteiger partial charge in [0.25, 0.3) is 0 Å². The molecule has 0 radical (unpaired) electrons. The Kier molecular flexibility index (Phi) is 0.772. The summed E-state index contributed by atoms with van der Waals surface area (Å²) in [5, 5.41) is 25.8. The lowest BCUT2D eigenvalue weighted by atomic mass is 10.2.